The molecule has 0 bridgehead atoms. The Kier molecular flexibility index (Phi) is 4.16. The zero-order valence-corrected chi connectivity index (χ0v) is 14.2. The molecule has 2 heterocycles. The van der Waals surface area contributed by atoms with Crippen molar-refractivity contribution in [3.8, 4) is 0 Å². The van der Waals surface area contributed by atoms with E-state index in [9.17, 15) is 14.0 Å². The number of rotatable bonds is 2. The van der Waals surface area contributed by atoms with Crippen LogP contribution in [0.1, 0.15) is 35.5 Å². The molecule has 0 radical (unpaired) electrons. The molecular weight excluding hydrogens is 325 g/mol. The fourth-order valence-electron chi connectivity index (χ4n) is 2.94. The first-order chi connectivity index (χ1) is 11.8. The van der Waals surface area contributed by atoms with Gasteiger partial charge in [0.2, 0.25) is 0 Å². The second kappa shape index (κ2) is 6.16. The summed E-state index contributed by atoms with van der Waals surface area (Å²) in [5, 5.41) is 6.85. The Labute approximate surface area is 144 Å². The summed E-state index contributed by atoms with van der Waals surface area (Å²) in [4.78, 5) is 26.5. The Balaban J connectivity index is 2.08. The van der Waals surface area contributed by atoms with Crippen molar-refractivity contribution in [1.29, 1.82) is 0 Å². The predicted molar refractivity (Wildman–Crippen MR) is 89.0 cm³/mol. The quantitative estimate of drug-likeness (QED) is 0.850. The maximum absolute atomic E-state index is 13.1. The average Bonchev–Trinajstić information content (AvgIpc) is 3.04. The fourth-order valence-corrected chi connectivity index (χ4v) is 2.94. The number of hydrogen-bond acceptors (Lipinski definition) is 4. The number of aromatic nitrogens is 2. The summed E-state index contributed by atoms with van der Waals surface area (Å²) in [5.41, 5.74) is 1.45. The van der Waals surface area contributed by atoms with Gasteiger partial charge in [-0.3, -0.25) is 9.89 Å². The Hall–Kier alpha value is -2.96. The standard InChI is InChI=1S/C18H18FN3O3/c1-18(2)10-22(16(23)11-4-6-12(19)7-5-11)9-13(17(24)25-3)15-14(18)8-20-21-15/h4-9H,10H2,1-3H3,(H,20,21). The van der Waals surface area contributed by atoms with Crippen LogP contribution in [0.25, 0.3) is 5.57 Å². The average molecular weight is 343 g/mol. The van der Waals surface area contributed by atoms with Gasteiger partial charge < -0.3 is 9.64 Å². The van der Waals surface area contributed by atoms with Crippen molar-refractivity contribution in [3.05, 3.63) is 59.3 Å². The van der Waals surface area contributed by atoms with Crippen molar-refractivity contribution in [1.82, 2.24) is 15.1 Å². The van der Waals surface area contributed by atoms with Crippen LogP contribution in [-0.4, -0.2) is 40.6 Å². The lowest BCUT2D eigenvalue weighted by Gasteiger charge is -2.28. The first-order valence-corrected chi connectivity index (χ1v) is 7.74. The van der Waals surface area contributed by atoms with E-state index in [1.54, 1.807) is 6.20 Å². The van der Waals surface area contributed by atoms with E-state index in [0.29, 0.717) is 17.8 Å². The minimum atomic E-state index is -0.569. The van der Waals surface area contributed by atoms with Gasteiger partial charge in [0.15, 0.2) is 0 Å². The van der Waals surface area contributed by atoms with E-state index in [4.69, 9.17) is 4.74 Å². The molecule has 130 valence electrons. The molecule has 1 N–H and O–H groups in total. The minimum Gasteiger partial charge on any atom is -0.465 e. The zero-order valence-electron chi connectivity index (χ0n) is 14.2. The van der Waals surface area contributed by atoms with Crippen LogP contribution >= 0.6 is 0 Å². The third-order valence-corrected chi connectivity index (χ3v) is 4.25. The number of nitrogens with zero attached hydrogens (tertiary/aromatic N) is 2. The Morgan fingerprint density at radius 2 is 1.96 bits per heavy atom. The van der Waals surface area contributed by atoms with Crippen LogP contribution in [0.15, 0.2) is 36.7 Å². The third-order valence-electron chi connectivity index (χ3n) is 4.25. The van der Waals surface area contributed by atoms with Crippen LogP contribution in [0, 0.1) is 5.82 Å². The number of aromatic amines is 1. The highest BCUT2D eigenvalue weighted by molar-refractivity contribution is 6.17. The number of carbonyl (C=O) groups is 2. The number of carbonyl (C=O) groups excluding carboxylic acids is 2. The summed E-state index contributed by atoms with van der Waals surface area (Å²) >= 11 is 0. The van der Waals surface area contributed by atoms with Gasteiger partial charge in [-0.15, -0.1) is 0 Å². The number of amides is 1. The Bertz CT molecular complexity index is 853. The molecule has 1 aliphatic rings. The first-order valence-electron chi connectivity index (χ1n) is 7.74. The molecule has 7 heteroatoms. The van der Waals surface area contributed by atoms with E-state index in [0.717, 1.165) is 5.56 Å². The van der Waals surface area contributed by atoms with E-state index in [-0.39, 0.29) is 11.5 Å². The number of H-pyrrole nitrogens is 1. The van der Waals surface area contributed by atoms with Crippen molar-refractivity contribution in [3.63, 3.8) is 0 Å². The number of ether oxygens (including phenoxy) is 1. The molecule has 3 rings (SSSR count). The summed E-state index contributed by atoms with van der Waals surface area (Å²) in [7, 11) is 1.28. The predicted octanol–water partition coefficient (Wildman–Crippen LogP) is 2.50. The summed E-state index contributed by atoms with van der Waals surface area (Å²) in [6.07, 6.45) is 3.11. The van der Waals surface area contributed by atoms with E-state index >= 15 is 0 Å². The van der Waals surface area contributed by atoms with Gasteiger partial charge in [0.25, 0.3) is 5.91 Å². The minimum absolute atomic E-state index is 0.219. The lowest BCUT2D eigenvalue weighted by atomic mass is 9.84. The summed E-state index contributed by atoms with van der Waals surface area (Å²) in [5.74, 6) is -1.31. The Morgan fingerprint density at radius 1 is 1.28 bits per heavy atom. The van der Waals surface area contributed by atoms with E-state index in [2.05, 4.69) is 10.2 Å². The second-order valence-electron chi connectivity index (χ2n) is 6.52. The first kappa shape index (κ1) is 16.9. The maximum atomic E-state index is 13.1. The molecule has 2 aromatic rings. The third kappa shape index (κ3) is 3.05. The van der Waals surface area contributed by atoms with Gasteiger partial charge in [-0.05, 0) is 24.3 Å². The SMILES string of the molecule is COC(=O)C1=CN(C(=O)c2ccc(F)cc2)CC(C)(C)c2cn[nH]c21. The van der Waals surface area contributed by atoms with Crippen molar-refractivity contribution in [2.24, 2.45) is 0 Å². The van der Waals surface area contributed by atoms with Gasteiger partial charge in [0.05, 0.1) is 19.0 Å². The molecule has 0 saturated carbocycles. The molecule has 0 atom stereocenters. The molecule has 1 aromatic heterocycles. The van der Waals surface area contributed by atoms with Gasteiger partial charge in [-0.25, -0.2) is 9.18 Å². The molecule has 0 unspecified atom stereocenters. The number of benzene rings is 1. The normalized spacial score (nSPS) is 15.8. The number of nitrogens with one attached hydrogen (secondary N) is 1. The lowest BCUT2D eigenvalue weighted by molar-refractivity contribution is -0.133. The summed E-state index contributed by atoms with van der Waals surface area (Å²) in [6.45, 7) is 4.25. The van der Waals surface area contributed by atoms with Gasteiger partial charge in [-0.2, -0.15) is 5.10 Å². The summed E-state index contributed by atoms with van der Waals surface area (Å²) < 4.78 is 18.0. The molecule has 1 amide bonds. The van der Waals surface area contributed by atoms with Crippen molar-refractivity contribution >= 4 is 17.4 Å². The van der Waals surface area contributed by atoms with Crippen LogP contribution in [0.4, 0.5) is 4.39 Å². The van der Waals surface area contributed by atoms with E-state index in [1.807, 2.05) is 13.8 Å². The topological polar surface area (TPSA) is 75.3 Å². The highest BCUT2D eigenvalue weighted by Crippen LogP contribution is 2.34. The van der Waals surface area contributed by atoms with Gasteiger partial charge in [0.1, 0.15) is 11.4 Å². The molecule has 6 nitrogen and oxygen atoms in total. The molecular formula is C18H18FN3O3. The van der Waals surface area contributed by atoms with Crippen molar-refractivity contribution < 1.29 is 18.7 Å². The smallest absolute Gasteiger partial charge is 0.341 e. The fraction of sp³-hybridized carbons (Fsp3) is 0.278. The monoisotopic (exact) mass is 343 g/mol. The number of fused-ring (bicyclic) bond motifs is 1. The zero-order chi connectivity index (χ0) is 18.2. The van der Waals surface area contributed by atoms with Crippen LogP contribution in [0.5, 0.6) is 0 Å². The second-order valence-corrected chi connectivity index (χ2v) is 6.52. The molecule has 25 heavy (non-hydrogen) atoms. The molecule has 0 saturated heterocycles. The van der Waals surface area contributed by atoms with E-state index < -0.39 is 17.2 Å². The molecule has 0 fully saturated rings. The lowest BCUT2D eigenvalue weighted by Crippen LogP contribution is -2.36. The van der Waals surface area contributed by atoms with Gasteiger partial charge in [-0.1, -0.05) is 13.8 Å². The van der Waals surface area contributed by atoms with Gasteiger partial charge in [0, 0.05) is 29.3 Å². The highest BCUT2D eigenvalue weighted by atomic mass is 19.1. The van der Waals surface area contributed by atoms with Crippen molar-refractivity contribution in [2.75, 3.05) is 13.7 Å². The molecule has 1 aromatic carbocycles. The highest BCUT2D eigenvalue weighted by Gasteiger charge is 2.35. The molecule has 0 aliphatic carbocycles. The molecule has 0 spiro atoms. The van der Waals surface area contributed by atoms with Crippen LogP contribution in [-0.2, 0) is 14.9 Å². The number of methoxy groups -OCH3 is 1. The van der Waals surface area contributed by atoms with Crippen LogP contribution in [0.2, 0.25) is 0 Å². The van der Waals surface area contributed by atoms with Crippen LogP contribution < -0.4 is 0 Å². The maximum Gasteiger partial charge on any atom is 0.341 e. The number of hydrogen-bond donors (Lipinski definition) is 1. The number of esters is 1. The van der Waals surface area contributed by atoms with Crippen LogP contribution in [0.3, 0.4) is 0 Å². The Morgan fingerprint density at radius 3 is 2.60 bits per heavy atom. The van der Waals surface area contributed by atoms with Crippen molar-refractivity contribution in [2.45, 2.75) is 19.3 Å². The summed E-state index contributed by atoms with van der Waals surface area (Å²) in [6, 6.07) is 5.30. The van der Waals surface area contributed by atoms with Gasteiger partial charge >= 0.3 is 5.97 Å². The molecule has 1 aliphatic heterocycles. The van der Waals surface area contributed by atoms with E-state index in [1.165, 1.54) is 42.5 Å². The largest absolute Gasteiger partial charge is 0.465 e. The number of halogens is 1.